The van der Waals surface area contributed by atoms with E-state index in [1.807, 2.05) is 0 Å². The van der Waals surface area contributed by atoms with Crippen LogP contribution >= 0.6 is 0 Å². The molecule has 0 N–H and O–H groups in total. The molecular formula is C32H38. The van der Waals surface area contributed by atoms with Gasteiger partial charge >= 0.3 is 0 Å². The molecule has 0 heterocycles. The van der Waals surface area contributed by atoms with Crippen molar-refractivity contribution in [3.63, 3.8) is 0 Å². The fraction of sp³-hybridized carbons (Fsp3) is 0.375. The lowest BCUT2D eigenvalue weighted by Crippen LogP contribution is -2.12. The molecule has 0 aromatic heterocycles. The summed E-state index contributed by atoms with van der Waals surface area (Å²) in [6.07, 6.45) is 7.67. The predicted octanol–water partition coefficient (Wildman–Crippen LogP) is 9.84. The van der Waals surface area contributed by atoms with Crippen LogP contribution in [0, 0.1) is 11.3 Å². The third kappa shape index (κ3) is 5.23. The lowest BCUT2D eigenvalue weighted by Gasteiger charge is -2.25. The Labute approximate surface area is 194 Å². The molecule has 0 saturated heterocycles. The molecule has 0 heteroatoms. The lowest BCUT2D eigenvalue weighted by molar-refractivity contribution is 0.282. The molecule has 0 spiro atoms. The van der Waals surface area contributed by atoms with Crippen LogP contribution in [0.2, 0.25) is 0 Å². The Hall–Kier alpha value is -2.60. The highest BCUT2D eigenvalue weighted by molar-refractivity contribution is 6.01. The number of rotatable bonds is 9. The smallest absolute Gasteiger partial charge is 0.0102 e. The summed E-state index contributed by atoms with van der Waals surface area (Å²) in [5.41, 5.74) is 4.69. The zero-order valence-corrected chi connectivity index (χ0v) is 20.3. The SMILES string of the molecule is CC(C)CCCC(C)(C)CCCc1c(-c2cccc3ccccc23)ccc2ccccc12. The van der Waals surface area contributed by atoms with Gasteiger partial charge in [0.2, 0.25) is 0 Å². The topological polar surface area (TPSA) is 0 Å². The Balaban J connectivity index is 1.64. The molecule has 4 aromatic carbocycles. The molecule has 4 rings (SSSR count). The average molecular weight is 423 g/mol. The van der Waals surface area contributed by atoms with E-state index in [0.717, 1.165) is 12.3 Å². The maximum atomic E-state index is 2.46. The minimum Gasteiger partial charge on any atom is -0.0628 e. The minimum atomic E-state index is 0.416. The molecule has 0 radical (unpaired) electrons. The number of hydrogen-bond donors (Lipinski definition) is 0. The van der Waals surface area contributed by atoms with Gasteiger partial charge in [0.25, 0.3) is 0 Å². The quantitative estimate of drug-likeness (QED) is 0.252. The standard InChI is InChI=1S/C32H38/c1-24(2)12-10-22-32(3,4)23-11-19-30-28-17-8-6-14-26(28)20-21-31(30)29-18-9-15-25-13-5-7-16-27(25)29/h5-9,13-18,20-21,24H,10-12,19,22-23H2,1-4H3. The van der Waals surface area contributed by atoms with Crippen LogP contribution in [0.5, 0.6) is 0 Å². The van der Waals surface area contributed by atoms with Gasteiger partial charge in [-0.3, -0.25) is 0 Å². The first kappa shape index (κ1) is 22.6. The monoisotopic (exact) mass is 422 g/mol. The van der Waals surface area contributed by atoms with Crippen LogP contribution in [-0.2, 0) is 6.42 Å². The van der Waals surface area contributed by atoms with Crippen LogP contribution in [0.1, 0.15) is 65.4 Å². The summed E-state index contributed by atoms with van der Waals surface area (Å²) in [7, 11) is 0. The van der Waals surface area contributed by atoms with E-state index in [-0.39, 0.29) is 0 Å². The summed E-state index contributed by atoms with van der Waals surface area (Å²) in [5.74, 6) is 0.810. The Morgan fingerprint density at radius 3 is 2.00 bits per heavy atom. The fourth-order valence-electron chi connectivity index (χ4n) is 5.18. The molecule has 0 amide bonds. The van der Waals surface area contributed by atoms with E-state index in [1.165, 1.54) is 70.3 Å². The molecule has 0 nitrogen and oxygen atoms in total. The summed E-state index contributed by atoms with van der Waals surface area (Å²) in [4.78, 5) is 0. The van der Waals surface area contributed by atoms with Crippen molar-refractivity contribution in [3.8, 4) is 11.1 Å². The summed E-state index contributed by atoms with van der Waals surface area (Å²) in [6, 6.07) is 29.1. The van der Waals surface area contributed by atoms with Gasteiger partial charge in [-0.2, -0.15) is 0 Å². The van der Waals surface area contributed by atoms with Gasteiger partial charge in [-0.15, -0.1) is 0 Å². The van der Waals surface area contributed by atoms with Crippen molar-refractivity contribution in [3.05, 3.63) is 84.4 Å². The van der Waals surface area contributed by atoms with Gasteiger partial charge < -0.3 is 0 Å². The highest BCUT2D eigenvalue weighted by Crippen LogP contribution is 2.37. The van der Waals surface area contributed by atoms with Crippen LogP contribution in [0.25, 0.3) is 32.7 Å². The fourth-order valence-corrected chi connectivity index (χ4v) is 5.18. The maximum absolute atomic E-state index is 2.46. The first-order valence-corrected chi connectivity index (χ1v) is 12.4. The third-order valence-corrected chi connectivity index (χ3v) is 7.04. The van der Waals surface area contributed by atoms with E-state index in [4.69, 9.17) is 0 Å². The summed E-state index contributed by atoms with van der Waals surface area (Å²) in [5, 5.41) is 5.43. The molecule has 0 fully saturated rings. The van der Waals surface area contributed by atoms with Gasteiger partial charge in [-0.25, -0.2) is 0 Å². The van der Waals surface area contributed by atoms with E-state index >= 15 is 0 Å². The van der Waals surface area contributed by atoms with Crippen molar-refractivity contribution < 1.29 is 0 Å². The Morgan fingerprint density at radius 1 is 0.625 bits per heavy atom. The minimum absolute atomic E-state index is 0.416. The van der Waals surface area contributed by atoms with Crippen molar-refractivity contribution in [1.82, 2.24) is 0 Å². The molecule has 166 valence electrons. The van der Waals surface area contributed by atoms with Crippen LogP contribution in [0.4, 0.5) is 0 Å². The molecule has 0 bridgehead atoms. The first-order valence-electron chi connectivity index (χ1n) is 12.4. The van der Waals surface area contributed by atoms with Gasteiger partial charge in [0.1, 0.15) is 0 Å². The Kier molecular flexibility index (Phi) is 6.99. The Morgan fingerprint density at radius 2 is 1.25 bits per heavy atom. The van der Waals surface area contributed by atoms with Gasteiger partial charge in [-0.05, 0) is 75.3 Å². The zero-order valence-electron chi connectivity index (χ0n) is 20.3. The number of fused-ring (bicyclic) bond motifs is 2. The molecule has 0 aliphatic rings. The molecule has 4 aromatic rings. The second-order valence-electron chi connectivity index (χ2n) is 10.6. The molecule has 0 unspecified atom stereocenters. The summed E-state index contributed by atoms with van der Waals surface area (Å²) in [6.45, 7) is 9.59. The second kappa shape index (κ2) is 9.90. The van der Waals surface area contributed by atoms with E-state index in [1.54, 1.807) is 0 Å². The molecular weight excluding hydrogens is 384 g/mol. The van der Waals surface area contributed by atoms with Crippen molar-refractivity contribution >= 4 is 21.5 Å². The van der Waals surface area contributed by atoms with Crippen LogP contribution in [0.15, 0.2) is 78.9 Å². The molecule has 0 saturated carbocycles. The van der Waals surface area contributed by atoms with Gasteiger partial charge in [0.05, 0.1) is 0 Å². The third-order valence-electron chi connectivity index (χ3n) is 7.04. The van der Waals surface area contributed by atoms with E-state index < -0.39 is 0 Å². The van der Waals surface area contributed by atoms with E-state index in [2.05, 4.69) is 107 Å². The molecule has 0 aliphatic heterocycles. The molecule has 0 aliphatic carbocycles. The normalized spacial score (nSPS) is 12.2. The number of aryl methyl sites for hydroxylation is 1. The van der Waals surface area contributed by atoms with Crippen LogP contribution in [0.3, 0.4) is 0 Å². The van der Waals surface area contributed by atoms with E-state index in [0.29, 0.717) is 5.41 Å². The van der Waals surface area contributed by atoms with E-state index in [9.17, 15) is 0 Å². The van der Waals surface area contributed by atoms with Crippen molar-refractivity contribution in [1.29, 1.82) is 0 Å². The lowest BCUT2D eigenvalue weighted by atomic mass is 9.80. The average Bonchev–Trinajstić information content (AvgIpc) is 2.78. The van der Waals surface area contributed by atoms with Gasteiger partial charge in [-0.1, -0.05) is 119 Å². The van der Waals surface area contributed by atoms with Gasteiger partial charge in [0.15, 0.2) is 0 Å². The largest absolute Gasteiger partial charge is 0.0628 e. The van der Waals surface area contributed by atoms with Crippen LogP contribution in [-0.4, -0.2) is 0 Å². The van der Waals surface area contributed by atoms with Crippen LogP contribution < -0.4 is 0 Å². The summed E-state index contributed by atoms with van der Waals surface area (Å²) < 4.78 is 0. The second-order valence-corrected chi connectivity index (χ2v) is 10.6. The van der Waals surface area contributed by atoms with Crippen molar-refractivity contribution in [2.45, 2.75) is 66.2 Å². The number of benzene rings is 4. The maximum Gasteiger partial charge on any atom is -0.0102 e. The highest BCUT2D eigenvalue weighted by atomic mass is 14.2. The summed E-state index contributed by atoms with van der Waals surface area (Å²) >= 11 is 0. The molecule has 32 heavy (non-hydrogen) atoms. The molecule has 0 atom stereocenters. The van der Waals surface area contributed by atoms with Crippen molar-refractivity contribution in [2.75, 3.05) is 0 Å². The first-order chi connectivity index (χ1) is 15.4. The van der Waals surface area contributed by atoms with Gasteiger partial charge in [0, 0.05) is 0 Å². The zero-order chi connectivity index (χ0) is 22.6. The Bertz CT molecular complexity index is 1170. The number of hydrogen-bond acceptors (Lipinski definition) is 0. The highest BCUT2D eigenvalue weighted by Gasteiger charge is 2.18. The van der Waals surface area contributed by atoms with Crippen molar-refractivity contribution in [2.24, 2.45) is 11.3 Å². The predicted molar refractivity (Wildman–Crippen MR) is 142 cm³/mol.